The number of anilines is 1. The highest BCUT2D eigenvalue weighted by Crippen LogP contribution is 2.28. The normalized spacial score (nSPS) is 10.9. The van der Waals surface area contributed by atoms with Crippen molar-refractivity contribution in [1.29, 1.82) is 0 Å². The third-order valence-electron chi connectivity index (χ3n) is 6.25. The quantitative estimate of drug-likeness (QED) is 0.276. The molecule has 6 aromatic rings. The number of pyridine rings is 3. The van der Waals surface area contributed by atoms with Gasteiger partial charge in [0.15, 0.2) is 0 Å². The zero-order valence-corrected chi connectivity index (χ0v) is 19.7. The monoisotopic (exact) mass is 480 g/mol. The maximum atomic E-state index is 14.2. The molecule has 0 aliphatic heterocycles. The fourth-order valence-corrected chi connectivity index (χ4v) is 4.46. The smallest absolute Gasteiger partial charge is 0.267 e. The van der Waals surface area contributed by atoms with Crippen LogP contribution < -0.4 is 4.90 Å². The molecule has 3 aromatic carbocycles. The van der Waals surface area contributed by atoms with Gasteiger partial charge in [0.05, 0.1) is 22.2 Å². The number of nitrogens with zero attached hydrogens (tertiary/aromatic N) is 4. The van der Waals surface area contributed by atoms with Crippen LogP contribution >= 0.6 is 0 Å². The first-order valence-corrected chi connectivity index (χ1v) is 11.8. The molecule has 37 heavy (non-hydrogen) atoms. The lowest BCUT2D eigenvalue weighted by Gasteiger charge is -2.22. The Bertz CT molecular complexity index is 1680. The first-order chi connectivity index (χ1) is 18.2. The SMILES string of the molecule is O=C(c1ccnc2ccccc12)N(C(=O)c1ccnc2ccccc12)c1cc(-c2ccccc2)ccn1. The Morgan fingerprint density at radius 2 is 1.03 bits per heavy atom. The van der Waals surface area contributed by atoms with Crippen LogP contribution in [0.15, 0.2) is 122 Å². The molecule has 6 rings (SSSR count). The number of carbonyl (C=O) groups excluding carboxylic acids is 2. The minimum Gasteiger partial charge on any atom is -0.268 e. The zero-order valence-electron chi connectivity index (χ0n) is 19.7. The number of hydrogen-bond donors (Lipinski definition) is 0. The number of rotatable bonds is 4. The third-order valence-corrected chi connectivity index (χ3v) is 6.25. The van der Waals surface area contributed by atoms with Crippen molar-refractivity contribution >= 4 is 39.4 Å². The molecule has 0 aliphatic rings. The first-order valence-electron chi connectivity index (χ1n) is 11.8. The molecule has 2 amide bonds. The lowest BCUT2D eigenvalue weighted by Crippen LogP contribution is -2.38. The number of hydrogen-bond acceptors (Lipinski definition) is 5. The average Bonchev–Trinajstić information content (AvgIpc) is 2.97. The second-order valence-electron chi connectivity index (χ2n) is 8.47. The molecule has 3 aromatic heterocycles. The van der Waals surface area contributed by atoms with Crippen LogP contribution in [-0.2, 0) is 0 Å². The van der Waals surface area contributed by atoms with Gasteiger partial charge < -0.3 is 0 Å². The molecule has 0 N–H and O–H groups in total. The number of imide groups is 1. The van der Waals surface area contributed by atoms with E-state index in [2.05, 4.69) is 15.0 Å². The fraction of sp³-hybridized carbons (Fsp3) is 0. The molecule has 0 atom stereocenters. The van der Waals surface area contributed by atoms with E-state index in [0.29, 0.717) is 32.9 Å². The van der Waals surface area contributed by atoms with E-state index in [4.69, 9.17) is 0 Å². The standard InChI is InChI=1S/C31H20N4O2/c36-30(25-15-18-32-27-12-6-4-10-23(25)27)35(29-20-22(14-17-34-29)21-8-2-1-3-9-21)31(37)26-16-19-33-28-13-7-5-11-24(26)28/h1-20H. The van der Waals surface area contributed by atoms with Gasteiger partial charge in [-0.05, 0) is 47.5 Å². The molecule has 176 valence electrons. The van der Waals surface area contributed by atoms with Crippen molar-refractivity contribution < 1.29 is 9.59 Å². The summed E-state index contributed by atoms with van der Waals surface area (Å²) < 4.78 is 0. The molecule has 0 radical (unpaired) electrons. The van der Waals surface area contributed by atoms with Gasteiger partial charge in [-0.15, -0.1) is 0 Å². The topological polar surface area (TPSA) is 76.1 Å². The summed E-state index contributed by atoms with van der Waals surface area (Å²) in [6.45, 7) is 0. The first kappa shape index (κ1) is 22.2. The predicted octanol–water partition coefficient (Wildman–Crippen LogP) is 6.33. The number of para-hydroxylation sites is 2. The summed E-state index contributed by atoms with van der Waals surface area (Å²) in [5, 5.41) is 1.32. The Morgan fingerprint density at radius 1 is 0.514 bits per heavy atom. The molecule has 0 unspecified atom stereocenters. The van der Waals surface area contributed by atoms with Crippen LogP contribution in [0.4, 0.5) is 5.82 Å². The van der Waals surface area contributed by atoms with Gasteiger partial charge in [-0.25, -0.2) is 9.88 Å². The molecular weight excluding hydrogens is 460 g/mol. The highest BCUT2D eigenvalue weighted by atomic mass is 16.2. The third kappa shape index (κ3) is 4.10. The Kier molecular flexibility index (Phi) is 5.67. The second kappa shape index (κ2) is 9.43. The minimum absolute atomic E-state index is 0.234. The maximum absolute atomic E-state index is 14.2. The summed E-state index contributed by atoms with van der Waals surface area (Å²) in [6.07, 6.45) is 4.77. The lowest BCUT2D eigenvalue weighted by molar-refractivity contribution is 0.0898. The number of benzene rings is 3. The van der Waals surface area contributed by atoms with Crippen molar-refractivity contribution in [1.82, 2.24) is 15.0 Å². The van der Waals surface area contributed by atoms with Gasteiger partial charge in [-0.1, -0.05) is 66.7 Å². The largest absolute Gasteiger partial charge is 0.268 e. The van der Waals surface area contributed by atoms with Gasteiger partial charge in [-0.3, -0.25) is 19.6 Å². The number of amides is 2. The van der Waals surface area contributed by atoms with Crippen molar-refractivity contribution in [2.75, 3.05) is 4.90 Å². The van der Waals surface area contributed by atoms with Crippen molar-refractivity contribution in [3.8, 4) is 11.1 Å². The van der Waals surface area contributed by atoms with Crippen molar-refractivity contribution in [2.24, 2.45) is 0 Å². The molecule has 0 spiro atoms. The minimum atomic E-state index is -0.484. The van der Waals surface area contributed by atoms with Gasteiger partial charge in [0, 0.05) is 29.4 Å². The molecule has 0 aliphatic carbocycles. The fourth-order valence-electron chi connectivity index (χ4n) is 4.46. The van der Waals surface area contributed by atoms with Crippen molar-refractivity contribution in [3.63, 3.8) is 0 Å². The summed E-state index contributed by atoms with van der Waals surface area (Å²) in [5.74, 6) is -0.734. The number of carbonyl (C=O) groups is 2. The molecule has 0 fully saturated rings. The molecular formula is C31H20N4O2. The maximum Gasteiger partial charge on any atom is 0.267 e. The van der Waals surface area contributed by atoms with Gasteiger partial charge in [0.1, 0.15) is 5.82 Å². The van der Waals surface area contributed by atoms with E-state index in [-0.39, 0.29) is 5.82 Å². The van der Waals surface area contributed by atoms with Crippen LogP contribution in [0.5, 0.6) is 0 Å². The van der Waals surface area contributed by atoms with Gasteiger partial charge in [0.2, 0.25) is 0 Å². The van der Waals surface area contributed by atoms with Crippen LogP contribution in [0.3, 0.4) is 0 Å². The Morgan fingerprint density at radius 3 is 1.62 bits per heavy atom. The van der Waals surface area contributed by atoms with Gasteiger partial charge >= 0.3 is 0 Å². The van der Waals surface area contributed by atoms with E-state index in [9.17, 15) is 9.59 Å². The van der Waals surface area contributed by atoms with Crippen LogP contribution in [0.25, 0.3) is 32.9 Å². The van der Waals surface area contributed by atoms with Crippen LogP contribution in [0, 0.1) is 0 Å². The molecule has 6 nitrogen and oxygen atoms in total. The second-order valence-corrected chi connectivity index (χ2v) is 8.47. The molecule has 3 heterocycles. The van der Waals surface area contributed by atoms with Gasteiger partial charge in [0.25, 0.3) is 11.8 Å². The molecule has 6 heteroatoms. The van der Waals surface area contributed by atoms with Crippen molar-refractivity contribution in [3.05, 3.63) is 133 Å². The van der Waals surface area contributed by atoms with E-state index < -0.39 is 11.8 Å². The van der Waals surface area contributed by atoms with Gasteiger partial charge in [-0.2, -0.15) is 0 Å². The Hall–Kier alpha value is -5.23. The van der Waals surface area contributed by atoms with Crippen LogP contribution in [-0.4, -0.2) is 26.8 Å². The summed E-state index contributed by atoms with van der Waals surface area (Å²) in [7, 11) is 0. The van der Waals surface area contributed by atoms with E-state index in [1.54, 1.807) is 36.8 Å². The lowest BCUT2D eigenvalue weighted by atomic mass is 10.0. The summed E-state index contributed by atoms with van der Waals surface area (Å²) in [6, 6.07) is 31.4. The predicted molar refractivity (Wildman–Crippen MR) is 144 cm³/mol. The highest BCUT2D eigenvalue weighted by Gasteiger charge is 2.29. The summed E-state index contributed by atoms with van der Waals surface area (Å²) in [5.41, 5.74) is 3.86. The Labute approximate surface area is 212 Å². The van der Waals surface area contributed by atoms with Crippen LogP contribution in [0.2, 0.25) is 0 Å². The van der Waals surface area contributed by atoms with E-state index >= 15 is 0 Å². The number of fused-ring (bicyclic) bond motifs is 2. The molecule has 0 bridgehead atoms. The van der Waals surface area contributed by atoms with Crippen molar-refractivity contribution in [2.45, 2.75) is 0 Å². The summed E-state index contributed by atoms with van der Waals surface area (Å²) >= 11 is 0. The van der Waals surface area contributed by atoms with E-state index in [0.717, 1.165) is 16.0 Å². The van der Waals surface area contributed by atoms with E-state index in [1.165, 1.54) is 0 Å². The Balaban J connectivity index is 1.55. The molecule has 0 saturated heterocycles. The summed E-state index contributed by atoms with van der Waals surface area (Å²) in [4.78, 5) is 42.7. The molecule has 0 saturated carbocycles. The van der Waals surface area contributed by atoms with E-state index in [1.807, 2.05) is 84.9 Å². The highest BCUT2D eigenvalue weighted by molar-refractivity contribution is 6.29. The zero-order chi connectivity index (χ0) is 25.2. The van der Waals surface area contributed by atoms with Crippen LogP contribution in [0.1, 0.15) is 20.7 Å². The average molecular weight is 481 g/mol. The number of aromatic nitrogens is 3.